The summed E-state index contributed by atoms with van der Waals surface area (Å²) in [7, 11) is 0. The molecule has 1 aliphatic rings. The van der Waals surface area contributed by atoms with Gasteiger partial charge in [-0.1, -0.05) is 18.2 Å². The van der Waals surface area contributed by atoms with Crippen LogP contribution in [0.2, 0.25) is 0 Å². The SMILES string of the molecule is O=C(CN1CCC(O)(COc2ccccc2)CC1)Nc1ccc(OC(F)F)cc1. The van der Waals surface area contributed by atoms with Crippen molar-refractivity contribution in [2.75, 3.05) is 31.6 Å². The number of ether oxygens (including phenoxy) is 2. The molecule has 0 radical (unpaired) electrons. The summed E-state index contributed by atoms with van der Waals surface area (Å²) >= 11 is 0. The molecule has 1 fully saturated rings. The van der Waals surface area contributed by atoms with Crippen molar-refractivity contribution < 1.29 is 28.2 Å². The fraction of sp³-hybridized carbons (Fsp3) is 0.381. The molecule has 6 nitrogen and oxygen atoms in total. The molecular weight excluding hydrogens is 382 g/mol. The van der Waals surface area contributed by atoms with Crippen molar-refractivity contribution in [1.82, 2.24) is 4.90 Å². The summed E-state index contributed by atoms with van der Waals surface area (Å²) in [6, 6.07) is 15.1. The minimum absolute atomic E-state index is 0.0334. The van der Waals surface area contributed by atoms with Crippen molar-refractivity contribution in [1.29, 1.82) is 0 Å². The first-order chi connectivity index (χ1) is 13.9. The third kappa shape index (κ3) is 6.69. The van der Waals surface area contributed by atoms with Crippen LogP contribution in [0, 0.1) is 0 Å². The van der Waals surface area contributed by atoms with Crippen LogP contribution in [0.1, 0.15) is 12.8 Å². The highest BCUT2D eigenvalue weighted by Gasteiger charge is 2.33. The van der Waals surface area contributed by atoms with Gasteiger partial charge in [-0.25, -0.2) is 0 Å². The second-order valence-corrected chi connectivity index (χ2v) is 7.05. The molecule has 0 atom stereocenters. The molecule has 1 saturated heterocycles. The van der Waals surface area contributed by atoms with E-state index < -0.39 is 12.2 Å². The first-order valence-corrected chi connectivity index (χ1v) is 9.39. The number of carbonyl (C=O) groups is 1. The standard InChI is InChI=1S/C21H24F2N2O4/c22-20(23)29-18-8-6-16(7-9-18)24-19(26)14-25-12-10-21(27,11-13-25)15-28-17-4-2-1-3-5-17/h1-9,20,27H,10-15H2,(H,24,26). The number of amides is 1. The summed E-state index contributed by atoms with van der Waals surface area (Å²) in [5.41, 5.74) is -0.412. The number of alkyl halides is 2. The van der Waals surface area contributed by atoms with Crippen molar-refractivity contribution in [3.8, 4) is 11.5 Å². The maximum absolute atomic E-state index is 12.2. The van der Waals surface area contributed by atoms with Gasteiger partial charge in [-0.05, 0) is 49.2 Å². The van der Waals surface area contributed by atoms with Gasteiger partial charge < -0.3 is 19.9 Å². The fourth-order valence-electron chi connectivity index (χ4n) is 3.13. The van der Waals surface area contributed by atoms with Crippen LogP contribution in [0.4, 0.5) is 14.5 Å². The molecule has 0 spiro atoms. The number of hydrogen-bond donors (Lipinski definition) is 2. The van der Waals surface area contributed by atoms with Crippen molar-refractivity contribution in [2.45, 2.75) is 25.1 Å². The molecule has 2 aromatic carbocycles. The lowest BCUT2D eigenvalue weighted by Crippen LogP contribution is -2.49. The van der Waals surface area contributed by atoms with E-state index in [1.54, 1.807) is 0 Å². The van der Waals surface area contributed by atoms with Crippen LogP contribution in [0.25, 0.3) is 0 Å². The zero-order valence-corrected chi connectivity index (χ0v) is 15.9. The molecule has 0 aliphatic carbocycles. The molecular formula is C21H24F2N2O4. The van der Waals surface area contributed by atoms with Gasteiger partial charge in [-0.2, -0.15) is 8.78 Å². The average Bonchev–Trinajstić information content (AvgIpc) is 2.70. The highest BCUT2D eigenvalue weighted by Crippen LogP contribution is 2.24. The monoisotopic (exact) mass is 406 g/mol. The van der Waals surface area contributed by atoms with Gasteiger partial charge in [0.25, 0.3) is 0 Å². The quantitative estimate of drug-likeness (QED) is 0.705. The summed E-state index contributed by atoms with van der Waals surface area (Å²) in [5, 5.41) is 13.4. The highest BCUT2D eigenvalue weighted by atomic mass is 19.3. The Morgan fingerprint density at radius 1 is 1.07 bits per heavy atom. The van der Waals surface area contributed by atoms with Gasteiger partial charge in [0.1, 0.15) is 23.7 Å². The van der Waals surface area contributed by atoms with E-state index in [1.807, 2.05) is 35.2 Å². The topological polar surface area (TPSA) is 71.0 Å². The molecule has 0 saturated carbocycles. The molecule has 29 heavy (non-hydrogen) atoms. The number of nitrogens with one attached hydrogen (secondary N) is 1. The van der Waals surface area contributed by atoms with Crippen molar-refractivity contribution >= 4 is 11.6 Å². The second kappa shape index (κ2) is 9.67. The average molecular weight is 406 g/mol. The molecule has 2 N–H and O–H groups in total. The highest BCUT2D eigenvalue weighted by molar-refractivity contribution is 5.92. The number of hydrogen-bond acceptors (Lipinski definition) is 5. The number of rotatable bonds is 8. The lowest BCUT2D eigenvalue weighted by molar-refractivity contribution is -0.119. The van der Waals surface area contributed by atoms with Gasteiger partial charge in [0, 0.05) is 18.8 Å². The summed E-state index contributed by atoms with van der Waals surface area (Å²) < 4.78 is 34.3. The third-order valence-corrected chi connectivity index (χ3v) is 4.77. The van der Waals surface area contributed by atoms with Crippen molar-refractivity contribution in [3.05, 3.63) is 54.6 Å². The zero-order valence-electron chi connectivity index (χ0n) is 15.9. The number of carbonyl (C=O) groups excluding carboxylic acids is 1. The zero-order chi connectivity index (χ0) is 20.7. The van der Waals surface area contributed by atoms with Crippen molar-refractivity contribution in [3.63, 3.8) is 0 Å². The predicted octanol–water partition coefficient (Wildman–Crippen LogP) is 3.13. The van der Waals surface area contributed by atoms with Crippen LogP contribution >= 0.6 is 0 Å². The molecule has 3 rings (SSSR count). The van der Waals surface area contributed by atoms with Crippen LogP contribution in [0.15, 0.2) is 54.6 Å². The summed E-state index contributed by atoms with van der Waals surface area (Å²) in [4.78, 5) is 14.2. The van der Waals surface area contributed by atoms with Crippen molar-refractivity contribution in [2.24, 2.45) is 0 Å². The van der Waals surface area contributed by atoms with Crippen LogP contribution in [0.3, 0.4) is 0 Å². The predicted molar refractivity (Wildman–Crippen MR) is 104 cm³/mol. The molecule has 156 valence electrons. The fourth-order valence-corrected chi connectivity index (χ4v) is 3.13. The summed E-state index contributed by atoms with van der Waals surface area (Å²) in [5.74, 6) is 0.539. The van der Waals surface area contributed by atoms with E-state index in [4.69, 9.17) is 4.74 Å². The summed E-state index contributed by atoms with van der Waals surface area (Å²) in [6.07, 6.45) is 1.01. The molecule has 0 unspecified atom stereocenters. The van der Waals surface area contributed by atoms with Gasteiger partial charge >= 0.3 is 6.61 Å². The Balaban J connectivity index is 1.41. The first kappa shape index (κ1) is 21.0. The Bertz CT molecular complexity index is 779. The molecule has 1 heterocycles. The van der Waals surface area contributed by atoms with Gasteiger partial charge in [0.15, 0.2) is 0 Å². The van der Waals surface area contributed by atoms with Gasteiger partial charge in [0.2, 0.25) is 5.91 Å². The Morgan fingerprint density at radius 2 is 1.72 bits per heavy atom. The number of anilines is 1. The lowest BCUT2D eigenvalue weighted by atomic mass is 9.92. The number of para-hydroxylation sites is 1. The number of benzene rings is 2. The molecule has 1 aliphatic heterocycles. The lowest BCUT2D eigenvalue weighted by Gasteiger charge is -2.37. The number of halogens is 2. The van der Waals surface area contributed by atoms with E-state index in [2.05, 4.69) is 10.1 Å². The second-order valence-electron chi connectivity index (χ2n) is 7.05. The molecule has 0 aromatic heterocycles. The van der Waals surface area contributed by atoms with E-state index in [1.165, 1.54) is 24.3 Å². The van der Waals surface area contributed by atoms with E-state index >= 15 is 0 Å². The minimum atomic E-state index is -2.88. The van der Waals surface area contributed by atoms with Gasteiger partial charge in [-0.15, -0.1) is 0 Å². The Labute approximate surface area is 168 Å². The maximum Gasteiger partial charge on any atom is 0.387 e. The third-order valence-electron chi connectivity index (χ3n) is 4.77. The Hall–Kier alpha value is -2.71. The number of likely N-dealkylation sites (tertiary alicyclic amines) is 1. The number of aliphatic hydroxyl groups is 1. The number of nitrogens with zero attached hydrogens (tertiary/aromatic N) is 1. The Kier molecular flexibility index (Phi) is 7.00. The first-order valence-electron chi connectivity index (χ1n) is 9.39. The van der Waals surface area contributed by atoms with E-state index in [0.29, 0.717) is 37.4 Å². The van der Waals surface area contributed by atoms with Crippen LogP contribution in [-0.4, -0.2) is 54.4 Å². The summed E-state index contributed by atoms with van der Waals surface area (Å²) in [6.45, 7) is -1.34. The van der Waals surface area contributed by atoms with Crippen LogP contribution in [-0.2, 0) is 4.79 Å². The smallest absolute Gasteiger partial charge is 0.387 e. The molecule has 0 bridgehead atoms. The molecule has 1 amide bonds. The number of piperidine rings is 1. The molecule has 8 heteroatoms. The van der Waals surface area contributed by atoms with E-state index in [0.717, 1.165) is 0 Å². The largest absolute Gasteiger partial charge is 0.491 e. The van der Waals surface area contributed by atoms with Crippen LogP contribution in [0.5, 0.6) is 11.5 Å². The van der Waals surface area contributed by atoms with Gasteiger partial charge in [-0.3, -0.25) is 9.69 Å². The normalized spacial score (nSPS) is 16.4. The van der Waals surface area contributed by atoms with Gasteiger partial charge in [0.05, 0.1) is 6.54 Å². The molecule has 2 aromatic rings. The van der Waals surface area contributed by atoms with E-state index in [9.17, 15) is 18.7 Å². The minimum Gasteiger partial charge on any atom is -0.491 e. The Morgan fingerprint density at radius 3 is 2.34 bits per heavy atom. The van der Waals surface area contributed by atoms with Crippen LogP contribution < -0.4 is 14.8 Å². The maximum atomic E-state index is 12.2. The van der Waals surface area contributed by atoms with E-state index in [-0.39, 0.29) is 24.8 Å².